The highest BCUT2D eigenvalue weighted by molar-refractivity contribution is 5.82. The zero-order chi connectivity index (χ0) is 21.7. The summed E-state index contributed by atoms with van der Waals surface area (Å²) in [5.41, 5.74) is 2.93. The van der Waals surface area contributed by atoms with Crippen molar-refractivity contribution in [2.45, 2.75) is 32.4 Å². The number of alkyl halides is 3. The lowest BCUT2D eigenvalue weighted by Gasteiger charge is -2.18. The molecule has 7 heteroatoms. The van der Waals surface area contributed by atoms with Crippen LogP contribution in [0.4, 0.5) is 30.4 Å². The molecule has 4 rings (SSSR count). The second-order valence-corrected chi connectivity index (χ2v) is 8.23. The van der Waals surface area contributed by atoms with Crippen LogP contribution in [0, 0.1) is 0 Å². The van der Waals surface area contributed by atoms with Gasteiger partial charge in [0.2, 0.25) is 11.5 Å². The molecular weight excluding hydrogens is 389 g/mol. The summed E-state index contributed by atoms with van der Waals surface area (Å²) in [6.45, 7) is 6.25. The summed E-state index contributed by atoms with van der Waals surface area (Å²) < 4.78 is 44.1. The van der Waals surface area contributed by atoms with E-state index in [4.69, 9.17) is 0 Å². The molecule has 1 aromatic heterocycles. The van der Waals surface area contributed by atoms with Gasteiger partial charge in [0, 0.05) is 17.7 Å². The predicted octanol–water partition coefficient (Wildman–Crippen LogP) is 5.76. The van der Waals surface area contributed by atoms with Gasteiger partial charge in [0.25, 0.3) is 0 Å². The standard InChI is InChI=1S/C23H21F3N4/c1-22(2,3)16-11-8-12-17(13-16)30-14-29(4)19-18(15-9-6-5-7-10-15)27-21(23(24,25)26)28-20(19)30/h5-13H,1-4H3/q+2. The Morgan fingerprint density at radius 1 is 0.900 bits per heavy atom. The Hall–Kier alpha value is -3.31. The van der Waals surface area contributed by atoms with E-state index in [0.717, 1.165) is 5.56 Å². The van der Waals surface area contributed by atoms with Crippen LogP contribution in [0.15, 0.2) is 54.6 Å². The molecule has 0 aliphatic carbocycles. The number of benzene rings is 2. The molecule has 2 heterocycles. The van der Waals surface area contributed by atoms with Crippen molar-refractivity contribution < 1.29 is 17.7 Å². The maximum Gasteiger partial charge on any atom is 0.497 e. The van der Waals surface area contributed by atoms with Crippen LogP contribution in [0.2, 0.25) is 0 Å². The van der Waals surface area contributed by atoms with Gasteiger partial charge in [-0.1, -0.05) is 67.8 Å². The Morgan fingerprint density at radius 3 is 2.23 bits per heavy atom. The number of aromatic nitrogens is 2. The highest BCUT2D eigenvalue weighted by Gasteiger charge is 2.45. The van der Waals surface area contributed by atoms with Gasteiger partial charge in [-0.2, -0.15) is 18.2 Å². The number of hydrogen-bond acceptors (Lipinski definition) is 2. The third kappa shape index (κ3) is 3.53. The van der Waals surface area contributed by atoms with E-state index < -0.39 is 12.0 Å². The van der Waals surface area contributed by atoms with Crippen molar-refractivity contribution in [1.29, 1.82) is 0 Å². The van der Waals surface area contributed by atoms with Crippen LogP contribution in [0.3, 0.4) is 0 Å². The minimum atomic E-state index is -4.67. The third-order valence-electron chi connectivity index (χ3n) is 4.93. The molecule has 30 heavy (non-hydrogen) atoms. The second kappa shape index (κ2) is 6.89. The smallest absolute Gasteiger partial charge is 0.217 e. The van der Waals surface area contributed by atoms with Gasteiger partial charge in [-0.15, -0.1) is 0 Å². The maximum absolute atomic E-state index is 13.6. The molecule has 2 aromatic carbocycles. The minimum Gasteiger partial charge on any atom is -0.217 e. The van der Waals surface area contributed by atoms with Gasteiger partial charge < -0.3 is 0 Å². The van der Waals surface area contributed by atoms with E-state index in [1.807, 2.05) is 30.3 Å². The molecule has 0 N–H and O–H groups in total. The lowest BCUT2D eigenvalue weighted by Crippen LogP contribution is -2.15. The van der Waals surface area contributed by atoms with Crippen molar-refractivity contribution in [3.8, 4) is 11.3 Å². The van der Waals surface area contributed by atoms with Crippen LogP contribution in [0.5, 0.6) is 0 Å². The van der Waals surface area contributed by atoms with Crippen molar-refractivity contribution in [3.05, 3.63) is 66.0 Å². The average Bonchev–Trinajstić information content (AvgIpc) is 3.04. The van der Waals surface area contributed by atoms with Crippen molar-refractivity contribution >= 4 is 23.2 Å². The SMILES string of the molecule is C[N+]1=C=[N+](c2cccc(C(C)(C)C)c2)c2nc(C(F)(F)F)nc(-c3ccccc3)c21. The topological polar surface area (TPSA) is 31.8 Å². The predicted molar refractivity (Wildman–Crippen MR) is 110 cm³/mol. The maximum atomic E-state index is 13.6. The van der Waals surface area contributed by atoms with Gasteiger partial charge in [-0.25, -0.2) is 4.98 Å². The molecule has 1 aliphatic rings. The van der Waals surface area contributed by atoms with Crippen molar-refractivity contribution in [2.75, 3.05) is 7.05 Å². The van der Waals surface area contributed by atoms with E-state index in [1.165, 1.54) is 0 Å². The first-order valence-corrected chi connectivity index (χ1v) is 9.51. The van der Waals surface area contributed by atoms with Gasteiger partial charge in [-0.05, 0) is 15.6 Å². The van der Waals surface area contributed by atoms with Crippen LogP contribution in [0.1, 0.15) is 32.2 Å². The quantitative estimate of drug-likeness (QED) is 0.504. The molecule has 0 bridgehead atoms. The highest BCUT2D eigenvalue weighted by atomic mass is 19.4. The first-order chi connectivity index (χ1) is 14.1. The van der Waals surface area contributed by atoms with E-state index >= 15 is 0 Å². The van der Waals surface area contributed by atoms with Gasteiger partial charge in [-0.3, -0.25) is 0 Å². The van der Waals surface area contributed by atoms with Crippen molar-refractivity contribution in [3.63, 3.8) is 0 Å². The summed E-state index contributed by atoms with van der Waals surface area (Å²) in [5.74, 6) is -1.01. The van der Waals surface area contributed by atoms with Gasteiger partial charge in [0.1, 0.15) is 0 Å². The number of nitrogens with zero attached hydrogens (tertiary/aromatic N) is 4. The van der Waals surface area contributed by atoms with Gasteiger partial charge in [0.05, 0.1) is 0 Å². The molecule has 3 aromatic rings. The van der Waals surface area contributed by atoms with Crippen LogP contribution in [0.25, 0.3) is 11.3 Å². The number of rotatable bonds is 2. The largest absolute Gasteiger partial charge is 0.497 e. The van der Waals surface area contributed by atoms with E-state index in [2.05, 4.69) is 36.7 Å². The number of hydrogen-bond donors (Lipinski definition) is 0. The van der Waals surface area contributed by atoms with E-state index in [1.54, 1.807) is 40.5 Å². The Balaban J connectivity index is 1.97. The highest BCUT2D eigenvalue weighted by Crippen LogP contribution is 2.41. The Morgan fingerprint density at radius 2 is 1.60 bits per heavy atom. The fraction of sp³-hybridized carbons (Fsp3) is 0.261. The fourth-order valence-electron chi connectivity index (χ4n) is 3.37. The molecule has 0 radical (unpaired) electrons. The van der Waals surface area contributed by atoms with Crippen LogP contribution >= 0.6 is 0 Å². The summed E-state index contributed by atoms with van der Waals surface area (Å²) in [6, 6.07) is 19.6. The lowest BCUT2D eigenvalue weighted by atomic mass is 9.87. The van der Waals surface area contributed by atoms with Crippen molar-refractivity contribution in [2.24, 2.45) is 0 Å². The molecule has 0 atom stereocenters. The first kappa shape index (κ1) is 20.0. The van der Waals surface area contributed by atoms with Crippen LogP contribution in [-0.2, 0) is 11.6 Å². The van der Waals surface area contributed by atoms with E-state index in [9.17, 15) is 13.2 Å². The summed E-state index contributed by atoms with van der Waals surface area (Å²) in [4.78, 5) is 7.77. The normalized spacial score (nSPS) is 13.7. The molecular formula is C23H21F3N4+2. The zero-order valence-electron chi connectivity index (χ0n) is 17.1. The molecule has 4 nitrogen and oxygen atoms in total. The molecule has 0 spiro atoms. The zero-order valence-corrected chi connectivity index (χ0v) is 17.1. The molecule has 152 valence electrons. The minimum absolute atomic E-state index is 0.109. The van der Waals surface area contributed by atoms with Gasteiger partial charge in [0.15, 0.2) is 12.7 Å². The molecule has 0 unspecified atom stereocenters. The molecule has 0 amide bonds. The Bertz CT molecular complexity index is 1200. The monoisotopic (exact) mass is 410 g/mol. The molecule has 0 saturated heterocycles. The van der Waals surface area contributed by atoms with Gasteiger partial charge >= 0.3 is 23.7 Å². The number of halogens is 3. The lowest BCUT2D eigenvalue weighted by molar-refractivity contribution is -0.393. The summed E-state index contributed by atoms with van der Waals surface area (Å²) in [5, 5.41) is 0. The van der Waals surface area contributed by atoms with Crippen LogP contribution < -0.4 is 4.58 Å². The molecule has 0 fully saturated rings. The summed E-state index contributed by atoms with van der Waals surface area (Å²) in [6.07, 6.45) is -4.67. The Kier molecular flexibility index (Phi) is 4.59. The van der Waals surface area contributed by atoms with E-state index in [-0.39, 0.29) is 16.9 Å². The third-order valence-corrected chi connectivity index (χ3v) is 4.93. The average molecular weight is 410 g/mol. The van der Waals surface area contributed by atoms with Crippen molar-refractivity contribution in [1.82, 2.24) is 14.5 Å². The molecule has 1 aliphatic heterocycles. The summed E-state index contributed by atoms with van der Waals surface area (Å²) >= 11 is 0. The Labute approximate surface area is 172 Å². The first-order valence-electron chi connectivity index (χ1n) is 9.51. The molecule has 0 saturated carbocycles. The fourth-order valence-corrected chi connectivity index (χ4v) is 3.37. The second-order valence-electron chi connectivity index (χ2n) is 8.23. The number of fused-ring (bicyclic) bond motifs is 1. The van der Waals surface area contributed by atoms with E-state index in [0.29, 0.717) is 16.9 Å². The van der Waals surface area contributed by atoms with Crippen LogP contribution in [-0.4, -0.2) is 27.6 Å². The summed E-state index contributed by atoms with van der Waals surface area (Å²) in [7, 11) is 1.73.